The number of rotatable bonds is 4. The number of nitrogens with zero attached hydrogens (tertiary/aromatic N) is 1. The van der Waals surface area contributed by atoms with Gasteiger partial charge in [-0.15, -0.1) is 0 Å². The lowest BCUT2D eigenvalue weighted by Gasteiger charge is -2.34. The normalized spacial score (nSPS) is 17.5. The van der Waals surface area contributed by atoms with E-state index in [1.165, 1.54) is 23.3 Å². The molecule has 1 N–H and O–H groups in total. The maximum atomic E-state index is 13.3. The Kier molecular flexibility index (Phi) is 5.46. The number of carbonyl (C=O) groups excluding carboxylic acids is 2. The van der Waals surface area contributed by atoms with Gasteiger partial charge in [0.1, 0.15) is 23.4 Å². The van der Waals surface area contributed by atoms with E-state index in [1.807, 2.05) is 0 Å². The lowest BCUT2D eigenvalue weighted by atomic mass is 10.0. The Morgan fingerprint density at radius 3 is 2.65 bits per heavy atom. The van der Waals surface area contributed by atoms with Crippen LogP contribution in [0.25, 0.3) is 6.08 Å². The Bertz CT molecular complexity index is 798. The molecular formula is C19H18F2N2O3. The first-order valence-corrected chi connectivity index (χ1v) is 8.32. The topological polar surface area (TPSA) is 62.6 Å². The van der Waals surface area contributed by atoms with Gasteiger partial charge in [0, 0.05) is 24.4 Å². The van der Waals surface area contributed by atoms with Crippen molar-refractivity contribution in [3.05, 3.63) is 60.1 Å². The summed E-state index contributed by atoms with van der Waals surface area (Å²) in [5.41, 5.74) is 0.0246. The number of halogens is 2. The van der Waals surface area contributed by atoms with Crippen LogP contribution in [0.4, 0.5) is 14.5 Å². The first-order chi connectivity index (χ1) is 12.5. The molecule has 0 aliphatic carbocycles. The second-order valence-corrected chi connectivity index (χ2v) is 6.04. The molecule has 1 atom stereocenters. The van der Waals surface area contributed by atoms with Crippen molar-refractivity contribution in [3.8, 4) is 0 Å². The van der Waals surface area contributed by atoms with Crippen molar-refractivity contribution in [1.82, 2.24) is 4.90 Å². The van der Waals surface area contributed by atoms with Gasteiger partial charge in [-0.05, 0) is 49.6 Å². The highest BCUT2D eigenvalue weighted by Gasteiger charge is 2.31. The Morgan fingerprint density at radius 1 is 1.19 bits per heavy atom. The van der Waals surface area contributed by atoms with Gasteiger partial charge in [0.25, 0.3) is 0 Å². The summed E-state index contributed by atoms with van der Waals surface area (Å²) in [5, 5.41) is 2.49. The molecule has 1 aromatic carbocycles. The van der Waals surface area contributed by atoms with Crippen LogP contribution >= 0.6 is 0 Å². The Labute approximate surface area is 149 Å². The fraction of sp³-hybridized carbons (Fsp3) is 0.263. The van der Waals surface area contributed by atoms with Gasteiger partial charge in [-0.1, -0.05) is 0 Å². The average Bonchev–Trinajstić information content (AvgIpc) is 3.12. The molecule has 7 heteroatoms. The lowest BCUT2D eigenvalue weighted by Crippen LogP contribution is -2.49. The molecule has 1 aromatic heterocycles. The number of hydrogen-bond acceptors (Lipinski definition) is 3. The molecule has 2 aromatic rings. The van der Waals surface area contributed by atoms with E-state index in [0.29, 0.717) is 18.7 Å². The van der Waals surface area contributed by atoms with Crippen molar-refractivity contribution >= 4 is 23.6 Å². The average molecular weight is 360 g/mol. The van der Waals surface area contributed by atoms with Crippen molar-refractivity contribution in [2.75, 3.05) is 11.9 Å². The number of hydrogen-bond donors (Lipinski definition) is 1. The van der Waals surface area contributed by atoms with E-state index in [1.54, 1.807) is 12.1 Å². The number of piperidine rings is 1. The fourth-order valence-electron chi connectivity index (χ4n) is 2.95. The zero-order chi connectivity index (χ0) is 18.5. The van der Waals surface area contributed by atoms with Crippen LogP contribution in [0.3, 0.4) is 0 Å². The molecule has 26 heavy (non-hydrogen) atoms. The standard InChI is InChI=1S/C19H18F2N2O3/c20-13-10-14(21)12-15(11-13)22-19(25)17-5-1-2-8-23(17)18(24)7-6-16-4-3-9-26-16/h3-4,6-7,9-12,17H,1-2,5,8H2,(H,22,25)/b7-6-/t17-/m0/s1. The van der Waals surface area contributed by atoms with Crippen molar-refractivity contribution in [3.63, 3.8) is 0 Å². The van der Waals surface area contributed by atoms with Gasteiger partial charge in [0.2, 0.25) is 11.8 Å². The van der Waals surface area contributed by atoms with E-state index < -0.39 is 23.6 Å². The molecule has 136 valence electrons. The molecule has 1 aliphatic rings. The van der Waals surface area contributed by atoms with E-state index in [2.05, 4.69) is 5.32 Å². The zero-order valence-electron chi connectivity index (χ0n) is 14.0. The van der Waals surface area contributed by atoms with Gasteiger partial charge in [0.15, 0.2) is 0 Å². The number of amides is 2. The first kappa shape index (κ1) is 17.8. The van der Waals surface area contributed by atoms with Crippen LogP contribution in [0.1, 0.15) is 25.0 Å². The van der Waals surface area contributed by atoms with Crippen LogP contribution in [-0.2, 0) is 9.59 Å². The predicted octanol–water partition coefficient (Wildman–Crippen LogP) is 3.59. The number of nitrogens with one attached hydrogen (secondary N) is 1. The summed E-state index contributed by atoms with van der Waals surface area (Å²) in [6, 6.07) is 5.52. The van der Waals surface area contributed by atoms with Crippen molar-refractivity contribution in [2.24, 2.45) is 0 Å². The molecule has 0 unspecified atom stereocenters. The number of likely N-dealkylation sites (tertiary alicyclic amines) is 1. The molecule has 2 amide bonds. The molecule has 5 nitrogen and oxygen atoms in total. The highest BCUT2D eigenvalue weighted by Crippen LogP contribution is 2.21. The minimum Gasteiger partial charge on any atom is -0.465 e. The Balaban J connectivity index is 1.71. The summed E-state index contributed by atoms with van der Waals surface area (Å²) in [5.74, 6) is -1.80. The van der Waals surface area contributed by atoms with Gasteiger partial charge in [-0.2, -0.15) is 0 Å². The minimum atomic E-state index is -0.779. The van der Waals surface area contributed by atoms with Gasteiger partial charge in [-0.25, -0.2) is 8.78 Å². The van der Waals surface area contributed by atoms with Gasteiger partial charge < -0.3 is 14.6 Å². The summed E-state index contributed by atoms with van der Waals surface area (Å²) in [4.78, 5) is 26.5. The van der Waals surface area contributed by atoms with Crippen LogP contribution in [-0.4, -0.2) is 29.3 Å². The van der Waals surface area contributed by atoms with Crippen molar-refractivity contribution in [2.45, 2.75) is 25.3 Å². The molecule has 2 heterocycles. The Hall–Kier alpha value is -2.96. The molecule has 0 radical (unpaired) electrons. The number of carbonyl (C=O) groups is 2. The van der Waals surface area contributed by atoms with Crippen LogP contribution in [0.2, 0.25) is 0 Å². The molecule has 0 bridgehead atoms. The lowest BCUT2D eigenvalue weighted by molar-refractivity contribution is -0.136. The van der Waals surface area contributed by atoms with Crippen LogP contribution in [0.15, 0.2) is 47.1 Å². The third-order valence-corrected chi connectivity index (χ3v) is 4.15. The molecule has 0 spiro atoms. The highest BCUT2D eigenvalue weighted by atomic mass is 19.1. The molecule has 3 rings (SSSR count). The zero-order valence-corrected chi connectivity index (χ0v) is 14.0. The monoisotopic (exact) mass is 360 g/mol. The fourth-order valence-corrected chi connectivity index (χ4v) is 2.95. The first-order valence-electron chi connectivity index (χ1n) is 8.32. The van der Waals surface area contributed by atoms with E-state index >= 15 is 0 Å². The minimum absolute atomic E-state index is 0.0246. The van der Waals surface area contributed by atoms with Crippen LogP contribution in [0.5, 0.6) is 0 Å². The summed E-state index contributed by atoms with van der Waals surface area (Å²) in [7, 11) is 0. The molecule has 0 saturated carbocycles. The predicted molar refractivity (Wildman–Crippen MR) is 92.1 cm³/mol. The third-order valence-electron chi connectivity index (χ3n) is 4.15. The van der Waals surface area contributed by atoms with E-state index in [0.717, 1.165) is 31.0 Å². The van der Waals surface area contributed by atoms with Gasteiger partial charge >= 0.3 is 0 Å². The van der Waals surface area contributed by atoms with E-state index in [-0.39, 0.29) is 11.6 Å². The second kappa shape index (κ2) is 7.95. The second-order valence-electron chi connectivity index (χ2n) is 6.04. The van der Waals surface area contributed by atoms with E-state index in [9.17, 15) is 18.4 Å². The highest BCUT2D eigenvalue weighted by molar-refractivity contribution is 6.00. The smallest absolute Gasteiger partial charge is 0.247 e. The van der Waals surface area contributed by atoms with Crippen LogP contribution in [0, 0.1) is 11.6 Å². The number of anilines is 1. The third kappa shape index (κ3) is 4.36. The number of benzene rings is 1. The maximum Gasteiger partial charge on any atom is 0.247 e. The summed E-state index contributed by atoms with van der Waals surface area (Å²) in [6.07, 6.45) is 6.46. The van der Waals surface area contributed by atoms with Gasteiger partial charge in [-0.3, -0.25) is 9.59 Å². The van der Waals surface area contributed by atoms with E-state index in [4.69, 9.17) is 4.42 Å². The molecule has 1 saturated heterocycles. The van der Waals surface area contributed by atoms with Crippen molar-refractivity contribution in [1.29, 1.82) is 0 Å². The van der Waals surface area contributed by atoms with Gasteiger partial charge in [0.05, 0.1) is 6.26 Å². The van der Waals surface area contributed by atoms with Crippen molar-refractivity contribution < 1.29 is 22.8 Å². The molecule has 1 fully saturated rings. The Morgan fingerprint density at radius 2 is 1.96 bits per heavy atom. The maximum absolute atomic E-state index is 13.3. The SMILES string of the molecule is O=C(Nc1cc(F)cc(F)c1)[C@@H]1CCCCN1C(=O)/C=C\c1ccco1. The van der Waals surface area contributed by atoms with Crippen LogP contribution < -0.4 is 5.32 Å². The summed E-state index contributed by atoms with van der Waals surface area (Å²) >= 11 is 0. The molecular weight excluding hydrogens is 342 g/mol. The number of furan rings is 1. The summed E-state index contributed by atoms with van der Waals surface area (Å²) in [6.45, 7) is 0.441. The summed E-state index contributed by atoms with van der Waals surface area (Å²) < 4.78 is 31.7. The molecule has 1 aliphatic heterocycles. The quantitative estimate of drug-likeness (QED) is 0.848. The largest absolute Gasteiger partial charge is 0.465 e.